The molecule has 0 spiro atoms. The van der Waals surface area contributed by atoms with Crippen molar-refractivity contribution in [3.8, 4) is 5.75 Å². The molecule has 0 unspecified atom stereocenters. The molecule has 6 nitrogen and oxygen atoms in total. The average molecular weight is 355 g/mol. The molecule has 0 aliphatic heterocycles. The van der Waals surface area contributed by atoms with Gasteiger partial charge in [0.05, 0.1) is 9.95 Å². The molecule has 120 valence electrons. The lowest BCUT2D eigenvalue weighted by molar-refractivity contribution is -0.383. The van der Waals surface area contributed by atoms with E-state index < -0.39 is 16.9 Å². The molecule has 0 aliphatic carbocycles. The number of nitro benzene ring substituents is 1. The van der Waals surface area contributed by atoms with Crippen molar-refractivity contribution in [1.82, 2.24) is 0 Å². The molecule has 0 heterocycles. The number of para-hydroxylation sites is 2. The lowest BCUT2D eigenvalue weighted by Gasteiger charge is -2.15. The summed E-state index contributed by atoms with van der Waals surface area (Å²) < 4.78 is 5.46. The lowest BCUT2D eigenvalue weighted by Crippen LogP contribution is -2.30. The second kappa shape index (κ2) is 7.30. The van der Waals surface area contributed by atoms with Gasteiger partial charge >= 0.3 is 0 Å². The minimum Gasteiger partial charge on any atom is -0.479 e. The van der Waals surface area contributed by atoms with Gasteiger partial charge in [0, 0.05) is 11.1 Å². The maximum Gasteiger partial charge on any atom is 0.292 e. The van der Waals surface area contributed by atoms with Crippen molar-refractivity contribution in [2.24, 2.45) is 0 Å². The first-order valence-electron chi connectivity index (χ1n) is 6.54. The summed E-state index contributed by atoms with van der Waals surface area (Å²) in [5.41, 5.74) is -0.0993. The molecule has 0 bridgehead atoms. The van der Waals surface area contributed by atoms with Gasteiger partial charge < -0.3 is 10.1 Å². The largest absolute Gasteiger partial charge is 0.479 e. The first kappa shape index (κ1) is 17.1. The van der Waals surface area contributed by atoms with Gasteiger partial charge in [0.1, 0.15) is 11.4 Å². The first-order valence-corrected chi connectivity index (χ1v) is 7.30. The Morgan fingerprint density at radius 1 is 1.26 bits per heavy atom. The Kier molecular flexibility index (Phi) is 5.41. The van der Waals surface area contributed by atoms with Crippen LogP contribution in [0.25, 0.3) is 0 Å². The number of rotatable bonds is 5. The van der Waals surface area contributed by atoms with E-state index in [0.29, 0.717) is 10.8 Å². The number of halogens is 2. The molecule has 2 aromatic carbocycles. The number of carbonyl (C=O) groups is 1. The number of hydrogen-bond acceptors (Lipinski definition) is 4. The molecule has 2 rings (SSSR count). The van der Waals surface area contributed by atoms with Gasteiger partial charge in [0.25, 0.3) is 11.6 Å². The quantitative estimate of drug-likeness (QED) is 0.640. The Labute approximate surface area is 142 Å². The van der Waals surface area contributed by atoms with Crippen LogP contribution in [0.3, 0.4) is 0 Å². The van der Waals surface area contributed by atoms with Crippen LogP contribution in [0.2, 0.25) is 10.0 Å². The van der Waals surface area contributed by atoms with E-state index in [9.17, 15) is 14.9 Å². The van der Waals surface area contributed by atoms with Crippen LogP contribution in [0.5, 0.6) is 5.75 Å². The van der Waals surface area contributed by atoms with Crippen LogP contribution >= 0.6 is 23.2 Å². The minimum absolute atomic E-state index is 0.0974. The Morgan fingerprint density at radius 2 is 1.96 bits per heavy atom. The molecule has 8 heteroatoms. The smallest absolute Gasteiger partial charge is 0.292 e. The zero-order valence-electron chi connectivity index (χ0n) is 12.0. The molecule has 0 saturated carbocycles. The third-order valence-electron chi connectivity index (χ3n) is 2.93. The maximum atomic E-state index is 12.1. The van der Waals surface area contributed by atoms with Gasteiger partial charge in [-0.05, 0) is 31.2 Å². The number of amides is 1. The van der Waals surface area contributed by atoms with E-state index in [2.05, 4.69) is 5.32 Å². The molecular weight excluding hydrogens is 343 g/mol. The zero-order valence-corrected chi connectivity index (χ0v) is 13.5. The molecule has 0 aliphatic rings. The van der Waals surface area contributed by atoms with E-state index in [0.717, 1.165) is 0 Å². The molecule has 1 amide bonds. The van der Waals surface area contributed by atoms with Crippen LogP contribution in [0.4, 0.5) is 11.4 Å². The summed E-state index contributed by atoms with van der Waals surface area (Å²) in [5, 5.41) is 14.1. The molecule has 0 fully saturated rings. The number of ether oxygens (including phenoxy) is 1. The Bertz CT molecular complexity index is 752. The Hall–Kier alpha value is -2.31. The highest BCUT2D eigenvalue weighted by atomic mass is 35.5. The van der Waals surface area contributed by atoms with E-state index in [1.165, 1.54) is 31.2 Å². The van der Waals surface area contributed by atoms with Gasteiger partial charge in [0.15, 0.2) is 6.10 Å². The fourth-order valence-corrected chi connectivity index (χ4v) is 2.24. The van der Waals surface area contributed by atoms with Crippen molar-refractivity contribution in [3.63, 3.8) is 0 Å². The monoisotopic (exact) mass is 354 g/mol. The Balaban J connectivity index is 2.10. The number of carbonyl (C=O) groups excluding carboxylic acids is 1. The number of benzene rings is 2. The number of hydrogen-bond donors (Lipinski definition) is 1. The van der Waals surface area contributed by atoms with E-state index in [1.807, 2.05) is 0 Å². The molecule has 2 aromatic rings. The minimum atomic E-state index is -0.909. The van der Waals surface area contributed by atoms with E-state index in [-0.39, 0.29) is 16.4 Å². The SMILES string of the molecule is C[C@H](Oc1ccc(Cl)cc1Cl)C(=O)Nc1ccccc1[N+](=O)[O-]. The van der Waals surface area contributed by atoms with Crippen LogP contribution in [-0.4, -0.2) is 16.9 Å². The van der Waals surface area contributed by atoms with Crippen molar-refractivity contribution in [2.75, 3.05) is 5.32 Å². The number of nitro groups is 1. The topological polar surface area (TPSA) is 81.5 Å². The van der Waals surface area contributed by atoms with E-state index in [4.69, 9.17) is 27.9 Å². The fourth-order valence-electron chi connectivity index (χ4n) is 1.79. The second-order valence-corrected chi connectivity index (χ2v) is 5.44. The highest BCUT2D eigenvalue weighted by Gasteiger charge is 2.20. The van der Waals surface area contributed by atoms with Crippen molar-refractivity contribution in [2.45, 2.75) is 13.0 Å². The van der Waals surface area contributed by atoms with Gasteiger partial charge in [-0.25, -0.2) is 0 Å². The predicted molar refractivity (Wildman–Crippen MR) is 88.3 cm³/mol. The average Bonchev–Trinajstić information content (AvgIpc) is 2.50. The summed E-state index contributed by atoms with van der Waals surface area (Å²) in [6.07, 6.45) is -0.909. The van der Waals surface area contributed by atoms with E-state index >= 15 is 0 Å². The van der Waals surface area contributed by atoms with Crippen LogP contribution in [0.1, 0.15) is 6.92 Å². The van der Waals surface area contributed by atoms with Crippen LogP contribution in [-0.2, 0) is 4.79 Å². The zero-order chi connectivity index (χ0) is 17.0. The molecular formula is C15H12Cl2N2O4. The third-order valence-corrected chi connectivity index (χ3v) is 3.46. The molecule has 0 aromatic heterocycles. The van der Waals surface area contributed by atoms with Crippen LogP contribution in [0.15, 0.2) is 42.5 Å². The highest BCUT2D eigenvalue weighted by molar-refractivity contribution is 6.35. The molecule has 0 radical (unpaired) electrons. The van der Waals surface area contributed by atoms with Crippen molar-refractivity contribution in [1.29, 1.82) is 0 Å². The van der Waals surface area contributed by atoms with Crippen molar-refractivity contribution in [3.05, 3.63) is 62.6 Å². The summed E-state index contributed by atoms with van der Waals surface area (Å²) in [4.78, 5) is 22.5. The van der Waals surface area contributed by atoms with Gasteiger partial charge in [-0.2, -0.15) is 0 Å². The summed E-state index contributed by atoms with van der Waals surface area (Å²) in [5.74, 6) is -0.244. The highest BCUT2D eigenvalue weighted by Crippen LogP contribution is 2.29. The fraction of sp³-hybridized carbons (Fsp3) is 0.133. The number of anilines is 1. The third kappa shape index (κ3) is 4.34. The number of nitrogens with zero attached hydrogens (tertiary/aromatic N) is 1. The van der Waals surface area contributed by atoms with E-state index in [1.54, 1.807) is 18.2 Å². The summed E-state index contributed by atoms with van der Waals surface area (Å²) in [7, 11) is 0. The predicted octanol–water partition coefficient (Wildman–Crippen LogP) is 4.31. The number of nitrogens with one attached hydrogen (secondary N) is 1. The summed E-state index contributed by atoms with van der Waals surface area (Å²) in [6.45, 7) is 1.51. The van der Waals surface area contributed by atoms with Gasteiger partial charge in [0.2, 0.25) is 0 Å². The molecule has 0 saturated heterocycles. The van der Waals surface area contributed by atoms with Crippen molar-refractivity contribution >= 4 is 40.5 Å². The Morgan fingerprint density at radius 3 is 2.61 bits per heavy atom. The first-order chi connectivity index (χ1) is 10.9. The molecule has 1 atom stereocenters. The molecule has 23 heavy (non-hydrogen) atoms. The van der Waals surface area contributed by atoms with Gasteiger partial charge in [-0.1, -0.05) is 35.3 Å². The maximum absolute atomic E-state index is 12.1. The standard InChI is InChI=1S/C15H12Cl2N2O4/c1-9(23-14-7-6-10(16)8-11(14)17)15(20)18-12-4-2-3-5-13(12)19(21)22/h2-9H,1H3,(H,18,20)/t9-/m0/s1. The second-order valence-electron chi connectivity index (χ2n) is 4.60. The lowest BCUT2D eigenvalue weighted by atomic mass is 10.2. The summed E-state index contributed by atoms with van der Waals surface area (Å²) in [6, 6.07) is 10.5. The van der Waals surface area contributed by atoms with Gasteiger partial charge in [-0.3, -0.25) is 14.9 Å². The normalized spacial score (nSPS) is 11.6. The van der Waals surface area contributed by atoms with Crippen LogP contribution < -0.4 is 10.1 Å². The van der Waals surface area contributed by atoms with Crippen molar-refractivity contribution < 1.29 is 14.5 Å². The summed E-state index contributed by atoms with van der Waals surface area (Å²) >= 11 is 11.8. The molecule has 1 N–H and O–H groups in total. The van der Waals surface area contributed by atoms with Gasteiger partial charge in [-0.15, -0.1) is 0 Å². The van der Waals surface area contributed by atoms with Crippen LogP contribution in [0, 0.1) is 10.1 Å².